The number of fused-ring (bicyclic) bond motifs is 12. The average molecular weight is 457 g/mol. The van der Waals surface area contributed by atoms with Crippen molar-refractivity contribution in [3.63, 3.8) is 0 Å². The van der Waals surface area contributed by atoms with Gasteiger partial charge in [-0.2, -0.15) is 0 Å². The van der Waals surface area contributed by atoms with Gasteiger partial charge < -0.3 is 13.5 Å². The van der Waals surface area contributed by atoms with Crippen molar-refractivity contribution in [2.24, 2.45) is 0 Å². The second kappa shape index (κ2) is 5.72. The molecule has 0 atom stereocenters. The summed E-state index contributed by atoms with van der Waals surface area (Å²) in [4.78, 5) is 5.00. The van der Waals surface area contributed by atoms with E-state index in [9.17, 15) is 0 Å². The Kier molecular flexibility index (Phi) is 2.80. The van der Waals surface area contributed by atoms with Crippen LogP contribution >= 0.6 is 0 Å². The fraction of sp³-hybridized carbons (Fsp3) is 0. The predicted molar refractivity (Wildman–Crippen MR) is 147 cm³/mol. The maximum absolute atomic E-state index is 6.18. The van der Waals surface area contributed by atoms with Crippen molar-refractivity contribution in [3.8, 4) is 16.9 Å². The van der Waals surface area contributed by atoms with E-state index in [0.29, 0.717) is 0 Å². The smallest absolute Gasteiger partial charge is 0.333 e. The predicted octanol–water partition coefficient (Wildman–Crippen LogP) is 5.98. The molecule has 0 saturated carbocycles. The maximum atomic E-state index is 6.18. The van der Waals surface area contributed by atoms with E-state index in [1.54, 1.807) is 0 Å². The summed E-state index contributed by atoms with van der Waals surface area (Å²) >= 11 is 0. The van der Waals surface area contributed by atoms with Crippen molar-refractivity contribution in [3.05, 3.63) is 97.4 Å². The highest BCUT2D eigenvalue weighted by Gasteiger charge is 2.43. The van der Waals surface area contributed by atoms with Gasteiger partial charge >= 0.3 is 6.85 Å². The minimum Gasteiger partial charge on any atom is -0.464 e. The van der Waals surface area contributed by atoms with Crippen LogP contribution in [0.5, 0.6) is 0 Å². The van der Waals surface area contributed by atoms with Crippen LogP contribution in [-0.2, 0) is 0 Å². The Bertz CT molecular complexity index is 2280. The van der Waals surface area contributed by atoms with E-state index in [1.807, 2.05) is 12.5 Å². The molecule has 4 aromatic carbocycles. The molecule has 0 amide bonds. The van der Waals surface area contributed by atoms with Gasteiger partial charge in [-0.25, -0.2) is 0 Å². The van der Waals surface area contributed by atoms with Gasteiger partial charge in [0.2, 0.25) is 0 Å². The number of hydrogen-bond donors (Lipinski definition) is 0. The molecule has 2 aliphatic heterocycles. The number of rotatable bonds is 0. The third kappa shape index (κ3) is 1.76. The van der Waals surface area contributed by atoms with Gasteiger partial charge in [0.25, 0.3) is 0 Å². The number of benzene rings is 4. The number of furan rings is 1. The summed E-state index contributed by atoms with van der Waals surface area (Å²) in [7, 11) is 0. The monoisotopic (exact) mass is 457 g/mol. The molecular formula is C31H16BN3O. The second-order valence-electron chi connectivity index (χ2n) is 9.96. The van der Waals surface area contributed by atoms with Gasteiger partial charge in [-0.05, 0) is 41.3 Å². The zero-order chi connectivity index (χ0) is 23.1. The minimum absolute atomic E-state index is 0.0316. The normalized spacial score (nSPS) is 13.5. The first kappa shape index (κ1) is 17.6. The van der Waals surface area contributed by atoms with Gasteiger partial charge in [0.1, 0.15) is 5.58 Å². The highest BCUT2D eigenvalue weighted by atomic mass is 16.3. The van der Waals surface area contributed by atoms with Gasteiger partial charge in [0.05, 0.1) is 28.5 Å². The van der Waals surface area contributed by atoms with E-state index in [2.05, 4.69) is 94.0 Å². The lowest BCUT2D eigenvalue weighted by Crippen LogP contribution is -2.55. The summed E-state index contributed by atoms with van der Waals surface area (Å²) in [5.41, 5.74) is 11.8. The van der Waals surface area contributed by atoms with Crippen molar-refractivity contribution >= 4 is 72.4 Å². The van der Waals surface area contributed by atoms with Crippen molar-refractivity contribution in [2.75, 3.05) is 0 Å². The Hall–Kier alpha value is -4.77. The van der Waals surface area contributed by atoms with Gasteiger partial charge in [-0.3, -0.25) is 4.98 Å². The first-order valence-electron chi connectivity index (χ1n) is 12.3. The van der Waals surface area contributed by atoms with Gasteiger partial charge in [-0.15, -0.1) is 0 Å². The van der Waals surface area contributed by atoms with Gasteiger partial charge in [0, 0.05) is 49.9 Å². The Morgan fingerprint density at radius 3 is 2.42 bits per heavy atom. The third-order valence-electron chi connectivity index (χ3n) is 8.41. The molecule has 10 rings (SSSR count). The second-order valence-corrected chi connectivity index (χ2v) is 9.96. The van der Waals surface area contributed by atoms with E-state index in [1.165, 1.54) is 60.2 Å². The molecule has 0 bridgehead atoms. The molecule has 0 saturated heterocycles. The summed E-state index contributed by atoms with van der Waals surface area (Å²) < 4.78 is 11.2. The molecule has 0 radical (unpaired) electrons. The van der Waals surface area contributed by atoms with Crippen LogP contribution in [0.25, 0.3) is 71.5 Å². The quantitative estimate of drug-likeness (QED) is 0.263. The molecule has 164 valence electrons. The standard InChI is InChI=1S/C31H16BN3O/c1-3-10-23-18(6-1)20-8-5-9-22-29(20)34(23)25-16-17-13-15-36-31(17)26-27(25)32(22)35-24-11-4-2-7-19(24)21-12-14-33-28(26)30(21)35/h1-16H. The summed E-state index contributed by atoms with van der Waals surface area (Å²) in [6.07, 6.45) is 3.76. The highest BCUT2D eigenvalue weighted by molar-refractivity contribution is 6.90. The lowest BCUT2D eigenvalue weighted by molar-refractivity contribution is 0.617. The fourth-order valence-electron chi connectivity index (χ4n) is 7.15. The molecule has 2 aliphatic rings. The lowest BCUT2D eigenvalue weighted by Gasteiger charge is -2.33. The molecule has 5 heteroatoms. The summed E-state index contributed by atoms with van der Waals surface area (Å²) in [6.45, 7) is 0.0316. The molecule has 36 heavy (non-hydrogen) atoms. The Balaban J connectivity index is 1.56. The Labute approximate surface area is 205 Å². The van der Waals surface area contributed by atoms with Crippen LogP contribution in [0.2, 0.25) is 0 Å². The van der Waals surface area contributed by atoms with E-state index >= 15 is 0 Å². The molecule has 0 aliphatic carbocycles. The van der Waals surface area contributed by atoms with Crippen LogP contribution in [0.1, 0.15) is 0 Å². The number of para-hydroxylation sites is 3. The van der Waals surface area contributed by atoms with Crippen LogP contribution in [0, 0.1) is 0 Å². The van der Waals surface area contributed by atoms with Crippen LogP contribution in [-0.4, -0.2) is 20.9 Å². The van der Waals surface area contributed by atoms with E-state index in [4.69, 9.17) is 9.40 Å². The Morgan fingerprint density at radius 1 is 0.722 bits per heavy atom. The first-order chi connectivity index (χ1) is 17.9. The van der Waals surface area contributed by atoms with Crippen molar-refractivity contribution in [2.45, 2.75) is 0 Å². The van der Waals surface area contributed by atoms with Crippen molar-refractivity contribution in [1.82, 2.24) is 14.0 Å². The number of aromatic nitrogens is 3. The van der Waals surface area contributed by atoms with E-state index in [0.717, 1.165) is 22.2 Å². The zero-order valence-corrected chi connectivity index (χ0v) is 19.1. The summed E-state index contributed by atoms with van der Waals surface area (Å²) in [5, 5.41) is 6.19. The SMILES string of the molecule is c1ccc2c(c1)c1ccnc3c1n2B1c2c(cc4ccoc4c2-3)-n2c3ccccc3c3cccc1c32. The maximum Gasteiger partial charge on any atom is 0.333 e. The van der Waals surface area contributed by atoms with Crippen LogP contribution in [0.4, 0.5) is 0 Å². The molecule has 8 aromatic rings. The Morgan fingerprint density at radius 2 is 1.50 bits per heavy atom. The van der Waals surface area contributed by atoms with Gasteiger partial charge in [0.15, 0.2) is 0 Å². The van der Waals surface area contributed by atoms with Crippen molar-refractivity contribution < 1.29 is 4.42 Å². The molecule has 0 fully saturated rings. The van der Waals surface area contributed by atoms with Crippen molar-refractivity contribution in [1.29, 1.82) is 0 Å². The number of pyridine rings is 1. The largest absolute Gasteiger partial charge is 0.464 e. The van der Waals surface area contributed by atoms with Gasteiger partial charge in [-0.1, -0.05) is 54.6 Å². The highest BCUT2D eigenvalue weighted by Crippen LogP contribution is 2.44. The zero-order valence-electron chi connectivity index (χ0n) is 19.1. The average Bonchev–Trinajstić information content (AvgIpc) is 3.62. The lowest BCUT2D eigenvalue weighted by atomic mass is 9.46. The summed E-state index contributed by atoms with van der Waals surface area (Å²) in [5.74, 6) is 0. The molecule has 4 aromatic heterocycles. The molecule has 6 heterocycles. The molecule has 4 nitrogen and oxygen atoms in total. The molecule has 0 unspecified atom stereocenters. The minimum atomic E-state index is 0.0316. The fourth-order valence-corrected chi connectivity index (χ4v) is 7.15. The van der Waals surface area contributed by atoms with E-state index in [-0.39, 0.29) is 6.85 Å². The molecular weight excluding hydrogens is 441 g/mol. The number of nitrogens with zero attached hydrogens (tertiary/aromatic N) is 3. The van der Waals surface area contributed by atoms with Crippen LogP contribution in [0.3, 0.4) is 0 Å². The molecule has 0 N–H and O–H groups in total. The van der Waals surface area contributed by atoms with Crippen LogP contribution < -0.4 is 10.9 Å². The summed E-state index contributed by atoms with van der Waals surface area (Å²) in [6, 6.07) is 30.9. The van der Waals surface area contributed by atoms with E-state index < -0.39 is 0 Å². The first-order valence-corrected chi connectivity index (χ1v) is 12.3. The van der Waals surface area contributed by atoms with Crippen LogP contribution in [0.15, 0.2) is 102 Å². The number of hydrogen-bond acceptors (Lipinski definition) is 2. The topological polar surface area (TPSA) is 35.9 Å². The molecule has 0 spiro atoms. The third-order valence-corrected chi connectivity index (χ3v) is 8.41.